The van der Waals surface area contributed by atoms with Crippen molar-refractivity contribution in [2.24, 2.45) is 4.99 Å². The average molecular weight is 492 g/mol. The SMILES string of the molecule is COc1ccc2c3c(cc(N4CCCCC4)c2c1)OC1(C=N3)N(C)c2ccc3ccccc3c2C1(C)C. The highest BCUT2D eigenvalue weighted by Crippen LogP contribution is 2.57. The number of benzene rings is 4. The Morgan fingerprint density at radius 2 is 1.68 bits per heavy atom. The van der Waals surface area contributed by atoms with E-state index in [0.717, 1.165) is 35.7 Å². The van der Waals surface area contributed by atoms with Gasteiger partial charge in [-0.15, -0.1) is 0 Å². The number of nitrogens with zero attached hydrogens (tertiary/aromatic N) is 3. The van der Waals surface area contributed by atoms with Crippen molar-refractivity contribution in [2.75, 3.05) is 37.0 Å². The van der Waals surface area contributed by atoms with Gasteiger partial charge in [-0.3, -0.25) is 4.99 Å². The third kappa shape index (κ3) is 3.00. The smallest absolute Gasteiger partial charge is 0.228 e. The number of anilines is 2. The molecule has 1 unspecified atom stereocenters. The summed E-state index contributed by atoms with van der Waals surface area (Å²) in [6.45, 7) is 6.69. The first-order chi connectivity index (χ1) is 17.9. The molecule has 37 heavy (non-hydrogen) atoms. The lowest BCUT2D eigenvalue weighted by atomic mass is 9.76. The molecule has 0 bridgehead atoms. The fraction of sp³-hybridized carbons (Fsp3) is 0.344. The van der Waals surface area contributed by atoms with E-state index in [1.165, 1.54) is 52.4 Å². The van der Waals surface area contributed by atoms with Gasteiger partial charge in [-0.2, -0.15) is 0 Å². The summed E-state index contributed by atoms with van der Waals surface area (Å²) in [6.07, 6.45) is 5.75. The van der Waals surface area contributed by atoms with Crippen LogP contribution in [-0.4, -0.2) is 39.2 Å². The molecule has 1 saturated heterocycles. The van der Waals surface area contributed by atoms with E-state index in [1.54, 1.807) is 7.11 Å². The second-order valence-corrected chi connectivity index (χ2v) is 11.1. The van der Waals surface area contributed by atoms with E-state index < -0.39 is 5.72 Å². The fourth-order valence-electron chi connectivity index (χ4n) is 6.84. The van der Waals surface area contributed by atoms with Crippen LogP contribution >= 0.6 is 0 Å². The first kappa shape index (κ1) is 22.5. The molecule has 0 saturated carbocycles. The molecule has 1 spiro atoms. The second kappa shape index (κ2) is 7.88. The minimum Gasteiger partial charge on any atom is -0.497 e. The monoisotopic (exact) mass is 491 g/mol. The summed E-state index contributed by atoms with van der Waals surface area (Å²) in [5.41, 5.74) is 3.55. The van der Waals surface area contributed by atoms with Gasteiger partial charge in [0.2, 0.25) is 5.72 Å². The maximum atomic E-state index is 7.15. The zero-order valence-electron chi connectivity index (χ0n) is 22.0. The van der Waals surface area contributed by atoms with Gasteiger partial charge >= 0.3 is 0 Å². The van der Waals surface area contributed by atoms with Crippen LogP contribution in [0.3, 0.4) is 0 Å². The van der Waals surface area contributed by atoms with E-state index in [-0.39, 0.29) is 5.41 Å². The number of methoxy groups -OCH3 is 1. The lowest BCUT2D eigenvalue weighted by Crippen LogP contribution is -2.61. The van der Waals surface area contributed by atoms with E-state index in [9.17, 15) is 0 Å². The normalized spacial score (nSPS) is 21.8. The summed E-state index contributed by atoms with van der Waals surface area (Å²) < 4.78 is 12.8. The molecule has 1 fully saturated rings. The molecule has 5 nitrogen and oxygen atoms in total. The van der Waals surface area contributed by atoms with Crippen LogP contribution in [0.15, 0.2) is 65.7 Å². The molecule has 4 aromatic rings. The van der Waals surface area contributed by atoms with E-state index in [4.69, 9.17) is 14.5 Å². The van der Waals surface area contributed by atoms with Crippen LogP contribution in [0.1, 0.15) is 38.7 Å². The van der Waals surface area contributed by atoms with Crippen LogP contribution in [0.4, 0.5) is 17.1 Å². The maximum Gasteiger partial charge on any atom is 0.228 e. The molecule has 7 rings (SSSR count). The van der Waals surface area contributed by atoms with Crippen LogP contribution in [0.25, 0.3) is 21.5 Å². The van der Waals surface area contributed by atoms with Crippen molar-refractivity contribution in [3.8, 4) is 11.5 Å². The zero-order valence-corrected chi connectivity index (χ0v) is 22.0. The molecule has 5 heteroatoms. The molecule has 0 radical (unpaired) electrons. The van der Waals surface area contributed by atoms with E-state index >= 15 is 0 Å². The van der Waals surface area contributed by atoms with Gasteiger partial charge in [0.25, 0.3) is 0 Å². The van der Waals surface area contributed by atoms with Gasteiger partial charge in [-0.05, 0) is 73.7 Å². The number of ether oxygens (including phenoxy) is 2. The lowest BCUT2D eigenvalue weighted by molar-refractivity contribution is 0.0832. The van der Waals surface area contributed by atoms with Crippen molar-refractivity contribution >= 4 is 44.8 Å². The Morgan fingerprint density at radius 1 is 0.865 bits per heavy atom. The number of piperidine rings is 1. The summed E-state index contributed by atoms with van der Waals surface area (Å²) in [5.74, 6) is 1.71. The number of aliphatic imine (C=N–C) groups is 1. The molecule has 1 atom stereocenters. The Balaban J connectivity index is 1.43. The minimum atomic E-state index is -0.730. The van der Waals surface area contributed by atoms with Crippen LogP contribution in [0.5, 0.6) is 11.5 Å². The molecule has 188 valence electrons. The summed E-state index contributed by atoms with van der Waals surface area (Å²) in [5, 5.41) is 4.80. The quantitative estimate of drug-likeness (QED) is 0.297. The fourth-order valence-corrected chi connectivity index (χ4v) is 6.84. The summed E-state index contributed by atoms with van der Waals surface area (Å²) in [7, 11) is 3.86. The third-order valence-electron chi connectivity index (χ3n) is 8.88. The van der Waals surface area contributed by atoms with E-state index in [1.807, 2.05) is 12.3 Å². The summed E-state index contributed by atoms with van der Waals surface area (Å²) >= 11 is 0. The van der Waals surface area contributed by atoms with Crippen molar-refractivity contribution in [1.82, 2.24) is 0 Å². The Bertz CT molecular complexity index is 1580. The van der Waals surface area contributed by atoms with Crippen LogP contribution < -0.4 is 19.3 Å². The molecule has 0 amide bonds. The number of fused-ring (bicyclic) bond motifs is 6. The van der Waals surface area contributed by atoms with Gasteiger partial charge in [0.1, 0.15) is 11.4 Å². The molecule has 4 aromatic carbocycles. The zero-order chi connectivity index (χ0) is 25.4. The molecular formula is C32H33N3O2. The van der Waals surface area contributed by atoms with Crippen LogP contribution in [0.2, 0.25) is 0 Å². The lowest BCUT2D eigenvalue weighted by Gasteiger charge is -2.45. The molecular weight excluding hydrogens is 458 g/mol. The van der Waals surface area contributed by atoms with E-state index in [0.29, 0.717) is 0 Å². The summed E-state index contributed by atoms with van der Waals surface area (Å²) in [6, 6.07) is 21.6. The third-order valence-corrected chi connectivity index (χ3v) is 8.88. The molecule has 0 aliphatic carbocycles. The highest BCUT2D eigenvalue weighted by molar-refractivity contribution is 6.07. The van der Waals surface area contributed by atoms with Crippen molar-refractivity contribution < 1.29 is 9.47 Å². The first-order valence-corrected chi connectivity index (χ1v) is 13.3. The predicted molar refractivity (Wildman–Crippen MR) is 153 cm³/mol. The van der Waals surface area contributed by atoms with Crippen molar-refractivity contribution in [2.45, 2.75) is 44.2 Å². The second-order valence-electron chi connectivity index (χ2n) is 11.1. The van der Waals surface area contributed by atoms with Gasteiger partial charge in [0.15, 0.2) is 5.75 Å². The van der Waals surface area contributed by atoms with Gasteiger partial charge in [0.05, 0.1) is 18.7 Å². The largest absolute Gasteiger partial charge is 0.497 e. The Morgan fingerprint density at radius 3 is 2.49 bits per heavy atom. The van der Waals surface area contributed by atoms with Gasteiger partial charge in [-0.1, -0.05) is 30.3 Å². The average Bonchev–Trinajstić information content (AvgIpc) is 3.10. The van der Waals surface area contributed by atoms with Gasteiger partial charge < -0.3 is 19.3 Å². The molecule has 3 aliphatic heterocycles. The molecule has 0 N–H and O–H groups in total. The van der Waals surface area contributed by atoms with Crippen LogP contribution in [0, 0.1) is 0 Å². The maximum absolute atomic E-state index is 7.15. The Labute approximate surface area is 218 Å². The van der Waals surface area contributed by atoms with Gasteiger partial charge in [0, 0.05) is 48.4 Å². The topological polar surface area (TPSA) is 37.3 Å². The minimum absolute atomic E-state index is 0.334. The highest BCUT2D eigenvalue weighted by Gasteiger charge is 2.59. The molecule has 3 aliphatic rings. The van der Waals surface area contributed by atoms with Gasteiger partial charge in [-0.25, -0.2) is 0 Å². The number of rotatable bonds is 2. The summed E-state index contributed by atoms with van der Waals surface area (Å²) in [4.78, 5) is 9.94. The molecule has 3 heterocycles. The van der Waals surface area contributed by atoms with Crippen LogP contribution in [-0.2, 0) is 5.41 Å². The molecule has 0 aromatic heterocycles. The number of hydrogen-bond donors (Lipinski definition) is 0. The Kier molecular flexibility index (Phi) is 4.79. The number of hydrogen-bond acceptors (Lipinski definition) is 5. The highest BCUT2D eigenvalue weighted by atomic mass is 16.5. The number of likely N-dealkylation sites (N-methyl/N-ethyl adjacent to an activating group) is 1. The standard InChI is InChI=1S/C32H33N3O2/c1-31(2)29-23-11-7-6-10-21(23)12-15-26(29)34(3)32(31)20-33-30-24-14-13-22(36-4)18-25(24)27(19-28(30)37-32)35-16-8-5-9-17-35/h6-7,10-15,18-20H,5,8-9,16-17H2,1-4H3. The van der Waals surface area contributed by atoms with Crippen molar-refractivity contribution in [3.05, 3.63) is 66.2 Å². The first-order valence-electron chi connectivity index (χ1n) is 13.3. The van der Waals surface area contributed by atoms with Crippen molar-refractivity contribution in [3.63, 3.8) is 0 Å². The predicted octanol–water partition coefficient (Wildman–Crippen LogP) is 7.21. The van der Waals surface area contributed by atoms with E-state index in [2.05, 4.69) is 85.3 Å². The van der Waals surface area contributed by atoms with Crippen molar-refractivity contribution in [1.29, 1.82) is 0 Å². The Hall–Kier alpha value is -3.73.